The summed E-state index contributed by atoms with van der Waals surface area (Å²) in [6.45, 7) is -0.106. The fraction of sp³-hybridized carbons (Fsp3) is 0.263. The van der Waals surface area contributed by atoms with Gasteiger partial charge in [-0.25, -0.2) is 0 Å². The lowest BCUT2D eigenvalue weighted by atomic mass is 10.1. The molecule has 0 unspecified atom stereocenters. The molecule has 2 heterocycles. The highest BCUT2D eigenvalue weighted by Gasteiger charge is 2.35. The Labute approximate surface area is 155 Å². The van der Waals surface area contributed by atoms with Crippen LogP contribution < -0.4 is 5.32 Å². The van der Waals surface area contributed by atoms with Crippen LogP contribution in [0, 0.1) is 5.92 Å². The summed E-state index contributed by atoms with van der Waals surface area (Å²) < 4.78 is 10.1. The summed E-state index contributed by atoms with van der Waals surface area (Å²) in [6, 6.07) is 11.7. The number of nitrogens with one attached hydrogen (secondary N) is 1. The van der Waals surface area contributed by atoms with Gasteiger partial charge in [-0.3, -0.25) is 24.5 Å². The molecule has 1 atom stereocenters. The lowest BCUT2D eigenvalue weighted by Gasteiger charge is -2.14. The molecular formula is C19H18N2O6. The molecule has 3 rings (SSSR count). The molecule has 1 saturated heterocycles. The molecular weight excluding hydrogens is 352 g/mol. The number of nitrogens with zero attached hydrogens (tertiary/aromatic N) is 1. The predicted molar refractivity (Wildman–Crippen MR) is 92.1 cm³/mol. The van der Waals surface area contributed by atoms with Crippen LogP contribution in [0.15, 0.2) is 53.1 Å². The summed E-state index contributed by atoms with van der Waals surface area (Å²) in [5.41, 5.74) is 0.326. The van der Waals surface area contributed by atoms with E-state index < -0.39 is 30.3 Å². The van der Waals surface area contributed by atoms with Gasteiger partial charge in [-0.15, -0.1) is 0 Å². The number of amides is 3. The van der Waals surface area contributed by atoms with Crippen LogP contribution in [-0.2, 0) is 25.7 Å². The monoisotopic (exact) mass is 370 g/mol. The van der Waals surface area contributed by atoms with Gasteiger partial charge in [-0.1, -0.05) is 18.2 Å². The van der Waals surface area contributed by atoms with E-state index in [0.717, 1.165) is 0 Å². The number of ether oxygens (including phenoxy) is 1. The average molecular weight is 370 g/mol. The SMILES string of the molecule is O=C(COC(=O)[C@H]1CC(=O)N(Cc2ccco2)C1)NC(=O)c1ccccc1. The molecule has 0 aliphatic carbocycles. The van der Waals surface area contributed by atoms with Gasteiger partial charge < -0.3 is 14.1 Å². The highest BCUT2D eigenvalue weighted by atomic mass is 16.5. The maximum Gasteiger partial charge on any atom is 0.311 e. The number of furan rings is 1. The lowest BCUT2D eigenvalue weighted by molar-refractivity contribution is -0.152. The van der Waals surface area contributed by atoms with Crippen LogP contribution in [0.4, 0.5) is 0 Å². The summed E-state index contributed by atoms with van der Waals surface area (Å²) in [5.74, 6) is -2.16. The zero-order valence-electron chi connectivity index (χ0n) is 14.4. The summed E-state index contributed by atoms with van der Waals surface area (Å²) in [4.78, 5) is 49.3. The summed E-state index contributed by atoms with van der Waals surface area (Å²) in [6.07, 6.45) is 1.53. The van der Waals surface area contributed by atoms with Gasteiger partial charge in [-0.05, 0) is 24.3 Å². The Morgan fingerprint density at radius 3 is 2.63 bits per heavy atom. The van der Waals surface area contributed by atoms with Crippen molar-refractivity contribution in [3.8, 4) is 0 Å². The molecule has 0 radical (unpaired) electrons. The van der Waals surface area contributed by atoms with Crippen molar-refractivity contribution in [1.29, 1.82) is 0 Å². The van der Waals surface area contributed by atoms with Crippen molar-refractivity contribution < 1.29 is 28.3 Å². The molecule has 0 bridgehead atoms. The quantitative estimate of drug-likeness (QED) is 0.764. The first-order chi connectivity index (χ1) is 13.0. The Kier molecular flexibility index (Phi) is 5.65. The summed E-state index contributed by atoms with van der Waals surface area (Å²) in [7, 11) is 0. The first-order valence-corrected chi connectivity index (χ1v) is 8.39. The van der Waals surface area contributed by atoms with Gasteiger partial charge >= 0.3 is 5.97 Å². The maximum absolute atomic E-state index is 12.1. The highest BCUT2D eigenvalue weighted by molar-refractivity contribution is 6.05. The molecule has 8 nitrogen and oxygen atoms in total. The number of hydrogen-bond acceptors (Lipinski definition) is 6. The van der Waals surface area contributed by atoms with Crippen LogP contribution in [0.25, 0.3) is 0 Å². The van der Waals surface area contributed by atoms with Crippen molar-refractivity contribution in [2.75, 3.05) is 13.2 Å². The van der Waals surface area contributed by atoms with Crippen LogP contribution in [0.2, 0.25) is 0 Å². The van der Waals surface area contributed by atoms with Crippen molar-refractivity contribution in [3.63, 3.8) is 0 Å². The van der Waals surface area contributed by atoms with E-state index in [1.807, 2.05) is 0 Å². The zero-order valence-corrected chi connectivity index (χ0v) is 14.4. The average Bonchev–Trinajstić information content (AvgIpc) is 3.31. The second-order valence-electron chi connectivity index (χ2n) is 6.11. The standard InChI is InChI=1S/C19H18N2O6/c22-16(20-18(24)13-5-2-1-3-6-13)12-27-19(25)14-9-17(23)21(10-14)11-15-7-4-8-26-15/h1-8,14H,9-12H2,(H,20,22,24)/t14-/m0/s1. The van der Waals surface area contributed by atoms with E-state index in [9.17, 15) is 19.2 Å². The van der Waals surface area contributed by atoms with E-state index >= 15 is 0 Å². The lowest BCUT2D eigenvalue weighted by Crippen LogP contribution is -2.35. The number of hydrogen-bond donors (Lipinski definition) is 1. The first kappa shape index (κ1) is 18.4. The van der Waals surface area contributed by atoms with Gasteiger partial charge in [-0.2, -0.15) is 0 Å². The highest BCUT2D eigenvalue weighted by Crippen LogP contribution is 2.21. The van der Waals surface area contributed by atoms with Crippen LogP contribution in [0.1, 0.15) is 22.5 Å². The Bertz CT molecular complexity index is 831. The van der Waals surface area contributed by atoms with Crippen LogP contribution in [0.5, 0.6) is 0 Å². The second-order valence-corrected chi connectivity index (χ2v) is 6.11. The predicted octanol–water partition coefficient (Wildman–Crippen LogP) is 1.13. The molecule has 27 heavy (non-hydrogen) atoms. The Hall–Kier alpha value is -3.42. The van der Waals surface area contributed by atoms with Crippen molar-refractivity contribution in [3.05, 3.63) is 60.1 Å². The topological polar surface area (TPSA) is 106 Å². The van der Waals surface area contributed by atoms with Crippen molar-refractivity contribution in [2.24, 2.45) is 5.92 Å². The molecule has 1 fully saturated rings. The molecule has 0 saturated carbocycles. The van der Waals surface area contributed by atoms with E-state index in [4.69, 9.17) is 9.15 Å². The molecule has 1 aliphatic heterocycles. The molecule has 1 aromatic carbocycles. The minimum Gasteiger partial charge on any atom is -0.467 e. The van der Waals surface area contributed by atoms with E-state index in [0.29, 0.717) is 11.3 Å². The van der Waals surface area contributed by atoms with Gasteiger partial charge in [0.1, 0.15) is 5.76 Å². The zero-order chi connectivity index (χ0) is 19.2. The van der Waals surface area contributed by atoms with Crippen molar-refractivity contribution >= 4 is 23.7 Å². The summed E-state index contributed by atoms with van der Waals surface area (Å²) >= 11 is 0. The molecule has 1 aromatic heterocycles. The molecule has 2 aromatic rings. The van der Waals surface area contributed by atoms with Gasteiger partial charge in [0, 0.05) is 18.5 Å². The van der Waals surface area contributed by atoms with Crippen molar-refractivity contribution in [2.45, 2.75) is 13.0 Å². The molecule has 0 spiro atoms. The third kappa shape index (κ3) is 4.81. The number of carbonyl (C=O) groups is 4. The number of carbonyl (C=O) groups excluding carboxylic acids is 4. The molecule has 3 amide bonds. The van der Waals surface area contributed by atoms with E-state index in [2.05, 4.69) is 5.32 Å². The molecule has 1 aliphatic rings. The normalized spacial score (nSPS) is 16.2. The number of benzene rings is 1. The largest absolute Gasteiger partial charge is 0.467 e. The Balaban J connectivity index is 1.44. The minimum absolute atomic E-state index is 0.0180. The van der Waals surface area contributed by atoms with E-state index in [1.165, 1.54) is 11.2 Å². The van der Waals surface area contributed by atoms with Gasteiger partial charge in [0.15, 0.2) is 6.61 Å². The Morgan fingerprint density at radius 2 is 1.93 bits per heavy atom. The van der Waals surface area contributed by atoms with E-state index in [1.54, 1.807) is 42.5 Å². The van der Waals surface area contributed by atoms with Gasteiger partial charge in [0.2, 0.25) is 5.91 Å². The summed E-state index contributed by atoms with van der Waals surface area (Å²) in [5, 5.41) is 2.14. The van der Waals surface area contributed by atoms with Crippen LogP contribution >= 0.6 is 0 Å². The van der Waals surface area contributed by atoms with Gasteiger partial charge in [0.25, 0.3) is 11.8 Å². The van der Waals surface area contributed by atoms with Crippen LogP contribution in [-0.4, -0.2) is 41.7 Å². The fourth-order valence-electron chi connectivity index (χ4n) is 2.75. The number of esters is 1. The number of rotatable bonds is 6. The fourth-order valence-corrected chi connectivity index (χ4v) is 2.75. The second kappa shape index (κ2) is 8.31. The van der Waals surface area contributed by atoms with Crippen molar-refractivity contribution in [1.82, 2.24) is 10.2 Å². The molecule has 140 valence electrons. The Morgan fingerprint density at radius 1 is 1.15 bits per heavy atom. The smallest absolute Gasteiger partial charge is 0.311 e. The molecule has 1 N–H and O–H groups in total. The third-order valence-electron chi connectivity index (χ3n) is 4.11. The van der Waals surface area contributed by atoms with Crippen LogP contribution in [0.3, 0.4) is 0 Å². The number of imide groups is 1. The first-order valence-electron chi connectivity index (χ1n) is 8.39. The minimum atomic E-state index is -0.728. The van der Waals surface area contributed by atoms with E-state index in [-0.39, 0.29) is 25.4 Å². The molecule has 8 heteroatoms. The maximum atomic E-state index is 12.1. The number of likely N-dealkylation sites (tertiary alicyclic amines) is 1. The van der Waals surface area contributed by atoms with Gasteiger partial charge in [0.05, 0.1) is 18.7 Å². The third-order valence-corrected chi connectivity index (χ3v) is 4.11.